The van der Waals surface area contributed by atoms with Crippen molar-refractivity contribution in [1.82, 2.24) is 4.90 Å². The van der Waals surface area contributed by atoms with Crippen molar-refractivity contribution in [2.45, 2.75) is 51.3 Å². The number of rotatable bonds is 2. The van der Waals surface area contributed by atoms with Gasteiger partial charge in [0.2, 0.25) is 0 Å². The highest BCUT2D eigenvalue weighted by molar-refractivity contribution is 8.14. The predicted molar refractivity (Wildman–Crippen MR) is 87.0 cm³/mol. The van der Waals surface area contributed by atoms with E-state index in [0.717, 1.165) is 25.3 Å². The second-order valence-corrected chi connectivity index (χ2v) is 7.99. The lowest BCUT2D eigenvalue weighted by molar-refractivity contribution is 0.159. The van der Waals surface area contributed by atoms with Gasteiger partial charge < -0.3 is 4.90 Å². The lowest BCUT2D eigenvalue weighted by Crippen LogP contribution is -2.43. The van der Waals surface area contributed by atoms with Crippen LogP contribution in [0.4, 0.5) is 4.79 Å². The Balaban J connectivity index is 2.04. The van der Waals surface area contributed by atoms with E-state index in [1.807, 2.05) is 18.2 Å². The fraction of sp³-hybridized carbons (Fsp3) is 0.588. The smallest absolute Gasteiger partial charge is 0.282 e. The van der Waals surface area contributed by atoms with Crippen LogP contribution in [0, 0.1) is 5.92 Å². The maximum Gasteiger partial charge on any atom is 0.282 e. The second kappa shape index (κ2) is 6.21. The van der Waals surface area contributed by atoms with Crippen LogP contribution in [0.15, 0.2) is 30.3 Å². The summed E-state index contributed by atoms with van der Waals surface area (Å²) in [5, 5.41) is 0.221. The first-order valence-electron chi connectivity index (χ1n) is 7.45. The molecule has 0 bridgehead atoms. The summed E-state index contributed by atoms with van der Waals surface area (Å²) < 4.78 is -0.179. The van der Waals surface area contributed by atoms with E-state index in [-0.39, 0.29) is 9.99 Å². The topological polar surface area (TPSA) is 20.3 Å². The molecule has 0 radical (unpaired) electrons. The van der Waals surface area contributed by atoms with Crippen LogP contribution in [-0.2, 0) is 4.75 Å². The first kappa shape index (κ1) is 15.4. The molecule has 2 atom stereocenters. The van der Waals surface area contributed by atoms with E-state index in [0.29, 0.717) is 6.04 Å². The van der Waals surface area contributed by atoms with Gasteiger partial charge in [-0.3, -0.25) is 4.79 Å². The lowest BCUT2D eigenvalue weighted by Gasteiger charge is -2.38. The van der Waals surface area contributed by atoms with Crippen molar-refractivity contribution < 1.29 is 4.79 Å². The molecule has 1 aliphatic heterocycles. The first-order chi connectivity index (χ1) is 9.40. The third-order valence-electron chi connectivity index (χ3n) is 4.18. The van der Waals surface area contributed by atoms with Crippen LogP contribution in [0.2, 0.25) is 0 Å². The summed E-state index contributed by atoms with van der Waals surface area (Å²) in [4.78, 5) is 14.6. The van der Waals surface area contributed by atoms with Crippen LogP contribution < -0.4 is 0 Å². The summed E-state index contributed by atoms with van der Waals surface area (Å²) in [5.41, 5.74) is 1.20. The van der Waals surface area contributed by atoms with Gasteiger partial charge in [0.25, 0.3) is 5.24 Å². The highest BCUT2D eigenvalue weighted by atomic mass is 32.2. The Morgan fingerprint density at radius 3 is 2.50 bits per heavy atom. The summed E-state index contributed by atoms with van der Waals surface area (Å²) >= 11 is 1.45. The zero-order valence-corrected chi connectivity index (χ0v) is 13.7. The van der Waals surface area contributed by atoms with Gasteiger partial charge in [0.05, 0.1) is 0 Å². The summed E-state index contributed by atoms with van der Waals surface area (Å²) in [6, 6.07) is 10.6. The van der Waals surface area contributed by atoms with E-state index < -0.39 is 0 Å². The van der Waals surface area contributed by atoms with Crippen molar-refractivity contribution in [3.8, 4) is 0 Å². The van der Waals surface area contributed by atoms with Crippen molar-refractivity contribution in [1.29, 1.82) is 0 Å². The number of carbonyl (C=O) groups excluding carboxylic acids is 1. The van der Waals surface area contributed by atoms with Gasteiger partial charge >= 0.3 is 0 Å². The number of hydrogen-bond donors (Lipinski definition) is 0. The minimum Gasteiger partial charge on any atom is -0.331 e. The summed E-state index contributed by atoms with van der Waals surface area (Å²) in [6.07, 6.45) is 2.25. The molecule has 0 aliphatic carbocycles. The fourth-order valence-electron chi connectivity index (χ4n) is 2.85. The molecule has 2 nitrogen and oxygen atoms in total. The molecule has 3 heteroatoms. The van der Waals surface area contributed by atoms with Gasteiger partial charge in [-0.25, -0.2) is 0 Å². The molecule has 1 saturated heterocycles. The number of nitrogens with zero attached hydrogens (tertiary/aromatic N) is 1. The van der Waals surface area contributed by atoms with Crippen LogP contribution in [0.1, 0.15) is 46.1 Å². The maximum absolute atomic E-state index is 12.6. The van der Waals surface area contributed by atoms with Gasteiger partial charge in [0.1, 0.15) is 0 Å². The van der Waals surface area contributed by atoms with Crippen molar-refractivity contribution in [2.24, 2.45) is 5.92 Å². The van der Waals surface area contributed by atoms with Crippen LogP contribution in [0.3, 0.4) is 0 Å². The number of piperidine rings is 1. The fourth-order valence-corrected chi connectivity index (χ4v) is 3.93. The molecule has 0 spiro atoms. The Labute approximate surface area is 126 Å². The Morgan fingerprint density at radius 2 is 1.90 bits per heavy atom. The van der Waals surface area contributed by atoms with E-state index in [9.17, 15) is 4.79 Å². The zero-order valence-electron chi connectivity index (χ0n) is 12.9. The predicted octanol–water partition coefficient (Wildman–Crippen LogP) is 4.90. The van der Waals surface area contributed by atoms with Crippen LogP contribution in [0.5, 0.6) is 0 Å². The molecular weight excluding hydrogens is 266 g/mol. The van der Waals surface area contributed by atoms with E-state index in [4.69, 9.17) is 0 Å². The Morgan fingerprint density at radius 1 is 1.25 bits per heavy atom. The average molecular weight is 291 g/mol. The second-order valence-electron chi connectivity index (χ2n) is 6.42. The molecule has 1 aliphatic rings. The SMILES string of the molecule is CC1CCN(C(=O)SC(C)(C)c2ccccc2)C(C)C1. The molecule has 2 rings (SSSR count). The van der Waals surface area contributed by atoms with Crippen LogP contribution in [-0.4, -0.2) is 22.7 Å². The minimum atomic E-state index is -0.179. The van der Waals surface area contributed by atoms with Crippen LogP contribution in [0.25, 0.3) is 0 Å². The molecule has 110 valence electrons. The monoisotopic (exact) mass is 291 g/mol. The average Bonchev–Trinajstić information content (AvgIpc) is 2.39. The normalized spacial score (nSPS) is 23.7. The number of amides is 1. The van der Waals surface area contributed by atoms with E-state index in [1.54, 1.807) is 0 Å². The van der Waals surface area contributed by atoms with Crippen molar-refractivity contribution in [3.05, 3.63) is 35.9 Å². The van der Waals surface area contributed by atoms with Gasteiger partial charge in [-0.2, -0.15) is 0 Å². The molecule has 1 heterocycles. The molecule has 0 saturated carbocycles. The minimum absolute atomic E-state index is 0.179. The number of benzene rings is 1. The van der Waals surface area contributed by atoms with Gasteiger partial charge in [-0.05, 0) is 45.1 Å². The van der Waals surface area contributed by atoms with Gasteiger partial charge in [-0.15, -0.1) is 0 Å². The molecule has 1 aromatic carbocycles. The molecule has 1 fully saturated rings. The molecule has 20 heavy (non-hydrogen) atoms. The van der Waals surface area contributed by atoms with Gasteiger partial charge in [-0.1, -0.05) is 49.0 Å². The van der Waals surface area contributed by atoms with Gasteiger partial charge in [0, 0.05) is 17.3 Å². The van der Waals surface area contributed by atoms with Crippen molar-refractivity contribution in [2.75, 3.05) is 6.54 Å². The molecule has 1 amide bonds. The molecule has 1 aromatic rings. The number of likely N-dealkylation sites (tertiary alicyclic amines) is 1. The number of thioether (sulfide) groups is 1. The number of carbonyl (C=O) groups is 1. The molecule has 0 N–H and O–H groups in total. The third-order valence-corrected chi connectivity index (χ3v) is 5.34. The van der Waals surface area contributed by atoms with Crippen molar-refractivity contribution >= 4 is 17.0 Å². The largest absolute Gasteiger partial charge is 0.331 e. The summed E-state index contributed by atoms with van der Waals surface area (Å²) in [7, 11) is 0. The Kier molecular flexibility index (Phi) is 4.79. The molecule has 2 unspecified atom stereocenters. The highest BCUT2D eigenvalue weighted by Crippen LogP contribution is 2.38. The Bertz CT molecular complexity index is 457. The maximum atomic E-state index is 12.6. The quantitative estimate of drug-likeness (QED) is 0.772. The van der Waals surface area contributed by atoms with E-state index in [2.05, 4.69) is 44.7 Å². The zero-order chi connectivity index (χ0) is 14.8. The van der Waals surface area contributed by atoms with Crippen LogP contribution >= 0.6 is 11.8 Å². The van der Waals surface area contributed by atoms with E-state index in [1.165, 1.54) is 17.3 Å². The summed E-state index contributed by atoms with van der Waals surface area (Å²) in [5.74, 6) is 0.737. The standard InChI is InChI=1S/C17H25NOS/c1-13-10-11-18(14(2)12-13)16(19)20-17(3,4)15-8-6-5-7-9-15/h5-9,13-14H,10-12H2,1-4H3. The van der Waals surface area contributed by atoms with Gasteiger partial charge in [0.15, 0.2) is 0 Å². The molecular formula is C17H25NOS. The van der Waals surface area contributed by atoms with Crippen molar-refractivity contribution in [3.63, 3.8) is 0 Å². The van der Waals surface area contributed by atoms with E-state index >= 15 is 0 Å². The number of hydrogen-bond acceptors (Lipinski definition) is 2. The highest BCUT2D eigenvalue weighted by Gasteiger charge is 2.32. The summed E-state index contributed by atoms with van der Waals surface area (Å²) in [6.45, 7) is 9.60. The Hall–Kier alpha value is -0.960. The lowest BCUT2D eigenvalue weighted by atomic mass is 9.94. The molecule has 0 aromatic heterocycles. The third kappa shape index (κ3) is 3.57. The first-order valence-corrected chi connectivity index (χ1v) is 8.27.